The largest absolute Gasteiger partial charge is 0.458 e. The molecule has 13 heteroatoms. The van der Waals surface area contributed by atoms with Gasteiger partial charge in [-0.1, -0.05) is 106 Å². The fourth-order valence-corrected chi connectivity index (χ4v) is 7.61. The summed E-state index contributed by atoms with van der Waals surface area (Å²) in [5.74, 6) is -4.83. The van der Waals surface area contributed by atoms with Gasteiger partial charge < -0.3 is 31.3 Å². The van der Waals surface area contributed by atoms with Gasteiger partial charge in [-0.25, -0.2) is 4.79 Å². The normalized spacial score (nSPS) is 19.9. The Morgan fingerprint density at radius 1 is 0.793 bits per heavy atom. The van der Waals surface area contributed by atoms with Gasteiger partial charge in [-0.15, -0.1) is 0 Å². The van der Waals surface area contributed by atoms with Crippen LogP contribution < -0.4 is 26.6 Å². The minimum atomic E-state index is -1.25. The van der Waals surface area contributed by atoms with Crippen molar-refractivity contribution in [1.82, 2.24) is 26.6 Å². The molecule has 5 N–H and O–H groups in total. The minimum Gasteiger partial charge on any atom is -0.458 e. The molecule has 1 fully saturated rings. The molecule has 5 amide bonds. The third-order valence-electron chi connectivity index (χ3n) is 10.6. The van der Waals surface area contributed by atoms with E-state index >= 15 is 0 Å². The highest BCUT2D eigenvalue weighted by Gasteiger charge is 2.35. The van der Waals surface area contributed by atoms with Crippen molar-refractivity contribution in [2.45, 2.75) is 154 Å². The van der Waals surface area contributed by atoms with Crippen LogP contribution >= 0.6 is 0 Å². The summed E-state index contributed by atoms with van der Waals surface area (Å²) in [7, 11) is 0. The Morgan fingerprint density at radius 2 is 1.45 bits per heavy atom. The molecule has 1 aliphatic heterocycles. The van der Waals surface area contributed by atoms with E-state index in [1.165, 1.54) is 0 Å². The molecule has 2 aromatic carbocycles. The van der Waals surface area contributed by atoms with Crippen LogP contribution in [0.5, 0.6) is 0 Å². The number of Topliss-reactive ketones (excluding diaryl/α,β-unsaturated/α-hetero) is 1. The monoisotopic (exact) mass is 801 g/mol. The Bertz CT molecular complexity index is 1720. The van der Waals surface area contributed by atoms with Gasteiger partial charge in [0.05, 0.1) is 12.6 Å². The summed E-state index contributed by atoms with van der Waals surface area (Å²) in [4.78, 5) is 94.3. The molecule has 1 unspecified atom stereocenters. The van der Waals surface area contributed by atoms with Crippen LogP contribution in [0.25, 0.3) is 0 Å². The van der Waals surface area contributed by atoms with Crippen LogP contribution in [0, 0.1) is 5.92 Å². The number of amides is 5. The molecular weight excluding hydrogens is 739 g/mol. The highest BCUT2D eigenvalue weighted by molar-refractivity contribution is 6.38. The summed E-state index contributed by atoms with van der Waals surface area (Å²) in [6.45, 7) is 6.31. The summed E-state index contributed by atoms with van der Waals surface area (Å²) in [6.07, 6.45) is 11.1. The Labute approximate surface area is 343 Å². The predicted octanol–water partition coefficient (Wildman–Crippen LogP) is 4.85. The van der Waals surface area contributed by atoms with Crippen molar-refractivity contribution >= 4 is 41.3 Å². The number of carbonyl (C=O) groups excluding carboxylic acids is 7. The molecular formula is C45H63N5O8. The smallest absolute Gasteiger partial charge is 0.333 e. The number of esters is 1. The van der Waals surface area contributed by atoms with E-state index < -0.39 is 71.7 Å². The van der Waals surface area contributed by atoms with Gasteiger partial charge >= 0.3 is 5.97 Å². The lowest BCUT2D eigenvalue weighted by molar-refractivity contribution is -0.158. The van der Waals surface area contributed by atoms with Crippen LogP contribution in [-0.2, 0) is 51.1 Å². The van der Waals surface area contributed by atoms with E-state index in [4.69, 9.17) is 4.74 Å². The van der Waals surface area contributed by atoms with Crippen LogP contribution in [0.3, 0.4) is 0 Å². The number of fused-ring (bicyclic) bond motifs is 2. The minimum absolute atomic E-state index is 0.0748. The first-order chi connectivity index (χ1) is 27.7. The number of aryl methyl sites for hydroxylation is 1. The molecule has 2 aliphatic rings. The average molecular weight is 802 g/mol. The summed E-state index contributed by atoms with van der Waals surface area (Å²) >= 11 is 0. The summed E-state index contributed by atoms with van der Waals surface area (Å²) < 4.78 is 5.51. The molecule has 2 aromatic rings. The first-order valence-corrected chi connectivity index (χ1v) is 21.1. The second kappa shape index (κ2) is 22.8. The highest BCUT2D eigenvalue weighted by Crippen LogP contribution is 2.27. The van der Waals surface area contributed by atoms with Crippen molar-refractivity contribution in [1.29, 1.82) is 0 Å². The maximum Gasteiger partial charge on any atom is 0.333 e. The molecule has 13 nitrogen and oxygen atoms in total. The SMILES string of the molecule is CCCC(NC(=O)[C@@H]1Cc2cccc(c2)CCCCCCCC(=O)N[C@@H](C2CCCCC2)C(=O)N1)C(=O)C(=O)NCC(=O)N[C@H](C(=O)OC(C)(C)C)c1ccccc1. The number of ketones is 1. The first kappa shape index (κ1) is 45.6. The molecule has 1 aliphatic carbocycles. The van der Waals surface area contributed by atoms with Crippen LogP contribution in [0.4, 0.5) is 0 Å². The molecule has 1 heterocycles. The molecule has 0 radical (unpaired) electrons. The molecule has 58 heavy (non-hydrogen) atoms. The second-order valence-electron chi connectivity index (χ2n) is 16.6. The number of hydrogen-bond acceptors (Lipinski definition) is 8. The van der Waals surface area contributed by atoms with Crippen LogP contribution in [0.2, 0.25) is 0 Å². The van der Waals surface area contributed by atoms with Crippen molar-refractivity contribution < 1.29 is 38.3 Å². The maximum atomic E-state index is 14.2. The lowest BCUT2D eigenvalue weighted by atomic mass is 9.83. The van der Waals surface area contributed by atoms with Crippen LogP contribution in [0.1, 0.15) is 134 Å². The summed E-state index contributed by atoms with van der Waals surface area (Å²) in [5.41, 5.74) is 1.59. The molecule has 316 valence electrons. The molecule has 0 saturated heterocycles. The Hall–Kier alpha value is -5.07. The molecule has 1 saturated carbocycles. The lowest BCUT2D eigenvalue weighted by Gasteiger charge is -2.31. The van der Waals surface area contributed by atoms with E-state index in [-0.39, 0.29) is 24.7 Å². The van der Waals surface area contributed by atoms with Gasteiger partial charge in [0.2, 0.25) is 29.4 Å². The van der Waals surface area contributed by atoms with Crippen molar-refractivity contribution in [2.24, 2.45) is 5.92 Å². The fraction of sp³-hybridized carbons (Fsp3) is 0.578. The van der Waals surface area contributed by atoms with Gasteiger partial charge in [0, 0.05) is 12.8 Å². The van der Waals surface area contributed by atoms with Gasteiger partial charge in [-0.2, -0.15) is 0 Å². The lowest BCUT2D eigenvalue weighted by Crippen LogP contribution is -2.59. The zero-order chi connectivity index (χ0) is 42.1. The Balaban J connectivity index is 1.49. The van der Waals surface area contributed by atoms with Crippen LogP contribution in [0.15, 0.2) is 54.6 Å². The van der Waals surface area contributed by atoms with E-state index in [9.17, 15) is 33.6 Å². The first-order valence-electron chi connectivity index (χ1n) is 21.1. The number of ether oxygens (including phenoxy) is 1. The molecule has 0 aromatic heterocycles. The van der Waals surface area contributed by atoms with E-state index in [2.05, 4.69) is 26.6 Å². The van der Waals surface area contributed by atoms with Gasteiger partial charge in [0.25, 0.3) is 5.91 Å². The fourth-order valence-electron chi connectivity index (χ4n) is 7.61. The quantitative estimate of drug-likeness (QED) is 0.149. The number of carbonyl (C=O) groups is 7. The third kappa shape index (κ3) is 15.0. The number of nitrogens with one attached hydrogen (secondary N) is 5. The van der Waals surface area contributed by atoms with Crippen molar-refractivity contribution in [2.75, 3.05) is 6.54 Å². The predicted molar refractivity (Wildman–Crippen MR) is 220 cm³/mol. The topological polar surface area (TPSA) is 189 Å². The van der Waals surface area contributed by atoms with E-state index in [1.54, 1.807) is 58.0 Å². The van der Waals surface area contributed by atoms with Gasteiger partial charge in [-0.3, -0.25) is 28.8 Å². The zero-order valence-electron chi connectivity index (χ0n) is 34.7. The molecule has 4 rings (SSSR count). The van der Waals surface area contributed by atoms with Crippen LogP contribution in [-0.4, -0.2) is 71.6 Å². The van der Waals surface area contributed by atoms with Gasteiger partial charge in [0.15, 0.2) is 6.04 Å². The zero-order valence-corrected chi connectivity index (χ0v) is 34.7. The molecule has 4 atom stereocenters. The number of benzene rings is 2. The number of hydrogen-bond donors (Lipinski definition) is 5. The highest BCUT2D eigenvalue weighted by atomic mass is 16.6. The summed E-state index contributed by atoms with van der Waals surface area (Å²) in [5, 5.41) is 13.6. The van der Waals surface area contributed by atoms with E-state index in [0.717, 1.165) is 81.8 Å². The van der Waals surface area contributed by atoms with E-state index in [0.29, 0.717) is 18.4 Å². The van der Waals surface area contributed by atoms with Gasteiger partial charge in [-0.05, 0) is 81.9 Å². The molecule has 2 bridgehead atoms. The second-order valence-corrected chi connectivity index (χ2v) is 16.6. The summed E-state index contributed by atoms with van der Waals surface area (Å²) in [6, 6.07) is 12.1. The van der Waals surface area contributed by atoms with E-state index in [1.807, 2.05) is 24.3 Å². The Kier molecular flexibility index (Phi) is 17.9. The van der Waals surface area contributed by atoms with Crippen molar-refractivity contribution in [3.05, 3.63) is 71.3 Å². The standard InChI is InChI=1S/C45H63N5O8/c1-5-18-34(40(53)43(56)46-29-37(52)50-39(33-24-14-10-15-25-33)44(57)58-45(2,3)4)47-41(54)35-28-31-21-17-20-30(27-31)19-11-7-6-8-16-26-36(51)49-38(42(55)48-35)32-22-12-9-13-23-32/h10,14-15,17,20-21,24-25,27,32,34-35,38-39H,5-9,11-13,16,18-19,22-23,26,28-29H2,1-4H3,(H,46,56)(H,47,54)(H,48,55)(H,49,51)(H,50,52)/t34?,35-,38-,39-/m0/s1. The third-order valence-corrected chi connectivity index (χ3v) is 10.6. The van der Waals surface area contributed by atoms with Crippen molar-refractivity contribution in [3.63, 3.8) is 0 Å². The van der Waals surface area contributed by atoms with Gasteiger partial charge in [0.1, 0.15) is 17.7 Å². The average Bonchev–Trinajstić information content (AvgIpc) is 3.19. The maximum absolute atomic E-state index is 14.2. The van der Waals surface area contributed by atoms with Crippen molar-refractivity contribution in [3.8, 4) is 0 Å². The molecule has 0 spiro atoms. The number of rotatable bonds is 12. The Morgan fingerprint density at radius 3 is 2.14 bits per heavy atom.